The Hall–Kier alpha value is -0.580. The minimum absolute atomic E-state index is 0. The first kappa shape index (κ1) is 14.5. The second-order valence-corrected chi connectivity index (χ2v) is 4.50. The smallest absolute Gasteiger partial charge is 0.119 e. The summed E-state index contributed by atoms with van der Waals surface area (Å²) >= 11 is 0. The van der Waals surface area contributed by atoms with Crippen LogP contribution in [-0.4, -0.2) is 43.4 Å². The molecule has 0 amide bonds. The monoisotopic (exact) mass is 301 g/mol. The van der Waals surface area contributed by atoms with Crippen molar-refractivity contribution in [2.45, 2.75) is 18.4 Å². The van der Waals surface area contributed by atoms with Crippen molar-refractivity contribution >= 4 is 17.0 Å². The maximum Gasteiger partial charge on any atom is 0.119 e. The van der Waals surface area contributed by atoms with Crippen molar-refractivity contribution < 1.29 is 9.84 Å². The van der Waals surface area contributed by atoms with E-state index in [4.69, 9.17) is 4.74 Å². The highest BCUT2D eigenvalue weighted by molar-refractivity contribution is 8.93. The Balaban J connectivity index is 0.00000144. The number of hydrogen-bond donors (Lipinski definition) is 1. The fourth-order valence-corrected chi connectivity index (χ4v) is 2.30. The van der Waals surface area contributed by atoms with Crippen LogP contribution in [0.1, 0.15) is 17.9 Å². The number of halogens is 1. The van der Waals surface area contributed by atoms with E-state index in [0.717, 1.165) is 25.3 Å². The van der Waals surface area contributed by atoms with Crippen LogP contribution in [0.25, 0.3) is 0 Å². The number of likely N-dealkylation sites (N-methyl/N-ethyl adjacent to an activating group) is 1. The van der Waals surface area contributed by atoms with Crippen molar-refractivity contribution in [1.29, 1.82) is 0 Å². The molecule has 1 aliphatic heterocycles. The van der Waals surface area contributed by atoms with Crippen LogP contribution in [0.3, 0.4) is 0 Å². The summed E-state index contributed by atoms with van der Waals surface area (Å²) in [5.41, 5.74) is 1.17. The lowest BCUT2D eigenvalue weighted by Crippen LogP contribution is -2.39. The van der Waals surface area contributed by atoms with Gasteiger partial charge in [0.2, 0.25) is 0 Å². The number of nitrogens with zero attached hydrogens (tertiary/aromatic N) is 1. The van der Waals surface area contributed by atoms with Crippen molar-refractivity contribution in [1.82, 2.24) is 4.90 Å². The molecule has 1 fully saturated rings. The lowest BCUT2D eigenvalue weighted by atomic mass is 9.88. The van der Waals surface area contributed by atoms with Gasteiger partial charge in [-0.3, -0.25) is 0 Å². The zero-order valence-electron chi connectivity index (χ0n) is 10.3. The zero-order chi connectivity index (χ0) is 11.5. The van der Waals surface area contributed by atoms with Gasteiger partial charge in [0, 0.05) is 19.0 Å². The first-order valence-electron chi connectivity index (χ1n) is 5.71. The Bertz CT molecular complexity index is 359. The molecule has 17 heavy (non-hydrogen) atoms. The average molecular weight is 302 g/mol. The van der Waals surface area contributed by atoms with Crippen molar-refractivity contribution in [2.75, 3.05) is 27.2 Å². The van der Waals surface area contributed by atoms with Crippen LogP contribution in [0, 0.1) is 0 Å². The number of aliphatic hydroxyl groups excluding tert-OH is 1. The van der Waals surface area contributed by atoms with Gasteiger partial charge in [-0.05, 0) is 31.2 Å². The first-order valence-corrected chi connectivity index (χ1v) is 5.71. The molecule has 0 aromatic heterocycles. The Labute approximate surface area is 113 Å². The third-order valence-electron chi connectivity index (χ3n) is 3.30. The van der Waals surface area contributed by atoms with Gasteiger partial charge in [0.25, 0.3) is 0 Å². The molecule has 2 rings (SSSR count). The molecule has 1 aromatic rings. The maximum absolute atomic E-state index is 10.0. The summed E-state index contributed by atoms with van der Waals surface area (Å²) in [6.45, 7) is 1.88. The Morgan fingerprint density at radius 2 is 2.18 bits per heavy atom. The molecule has 2 unspecified atom stereocenters. The standard InChI is InChI=1S/C13H19NO2.BrH/c1-14-7-6-13(15)12(9-14)10-4-3-5-11(8-10)16-2;/h3-5,8,12-13,15H,6-7,9H2,1-2H3;1H. The van der Waals surface area contributed by atoms with E-state index < -0.39 is 0 Å². The Kier molecular flexibility index (Phi) is 5.43. The van der Waals surface area contributed by atoms with Gasteiger partial charge in [0.15, 0.2) is 0 Å². The number of rotatable bonds is 2. The second-order valence-electron chi connectivity index (χ2n) is 4.50. The summed E-state index contributed by atoms with van der Waals surface area (Å²) in [6, 6.07) is 8.00. The summed E-state index contributed by atoms with van der Waals surface area (Å²) in [5, 5.41) is 10.0. The van der Waals surface area contributed by atoms with Crippen LogP contribution in [0.2, 0.25) is 0 Å². The van der Waals surface area contributed by atoms with Gasteiger partial charge in [-0.25, -0.2) is 0 Å². The van der Waals surface area contributed by atoms with Gasteiger partial charge < -0.3 is 14.7 Å². The molecule has 0 spiro atoms. The van der Waals surface area contributed by atoms with Crippen LogP contribution >= 0.6 is 17.0 Å². The van der Waals surface area contributed by atoms with Gasteiger partial charge >= 0.3 is 0 Å². The highest BCUT2D eigenvalue weighted by Crippen LogP contribution is 2.28. The van der Waals surface area contributed by atoms with E-state index in [1.807, 2.05) is 18.2 Å². The number of methoxy groups -OCH3 is 1. The molecule has 0 saturated carbocycles. The molecule has 1 N–H and O–H groups in total. The molecule has 0 bridgehead atoms. The van der Waals surface area contributed by atoms with E-state index in [9.17, 15) is 5.11 Å². The fourth-order valence-electron chi connectivity index (χ4n) is 2.30. The fraction of sp³-hybridized carbons (Fsp3) is 0.538. The summed E-state index contributed by atoms with van der Waals surface area (Å²) in [6.07, 6.45) is 0.613. The summed E-state index contributed by atoms with van der Waals surface area (Å²) in [7, 11) is 3.77. The van der Waals surface area contributed by atoms with Gasteiger partial charge in [-0.15, -0.1) is 17.0 Å². The van der Waals surface area contributed by atoms with Crippen molar-refractivity contribution in [3.8, 4) is 5.75 Å². The van der Waals surface area contributed by atoms with Crippen LogP contribution < -0.4 is 4.74 Å². The molecule has 4 heteroatoms. The van der Waals surface area contributed by atoms with Crippen LogP contribution in [0.4, 0.5) is 0 Å². The number of hydrogen-bond acceptors (Lipinski definition) is 3. The third-order valence-corrected chi connectivity index (χ3v) is 3.30. The van der Waals surface area contributed by atoms with Crippen LogP contribution in [-0.2, 0) is 0 Å². The Morgan fingerprint density at radius 3 is 2.88 bits per heavy atom. The minimum Gasteiger partial charge on any atom is -0.497 e. The predicted molar refractivity (Wildman–Crippen MR) is 74.2 cm³/mol. The Morgan fingerprint density at radius 1 is 1.41 bits per heavy atom. The lowest BCUT2D eigenvalue weighted by molar-refractivity contribution is 0.0708. The van der Waals surface area contributed by atoms with Gasteiger partial charge in [-0.2, -0.15) is 0 Å². The molecule has 0 aliphatic carbocycles. The number of benzene rings is 1. The predicted octanol–water partition coefficient (Wildman–Crippen LogP) is 2.05. The van der Waals surface area contributed by atoms with Crippen molar-refractivity contribution in [2.24, 2.45) is 0 Å². The molecule has 1 heterocycles. The highest BCUT2D eigenvalue weighted by atomic mass is 79.9. The first-order chi connectivity index (χ1) is 7.70. The van der Waals surface area contributed by atoms with Crippen LogP contribution in [0.15, 0.2) is 24.3 Å². The largest absolute Gasteiger partial charge is 0.497 e. The van der Waals surface area contributed by atoms with E-state index >= 15 is 0 Å². The number of ether oxygens (including phenoxy) is 1. The van der Waals surface area contributed by atoms with Crippen molar-refractivity contribution in [3.05, 3.63) is 29.8 Å². The molecule has 3 nitrogen and oxygen atoms in total. The summed E-state index contributed by atoms with van der Waals surface area (Å²) in [4.78, 5) is 2.26. The molecule has 0 radical (unpaired) electrons. The molecule has 1 aliphatic rings. The number of aliphatic hydroxyl groups is 1. The highest BCUT2D eigenvalue weighted by Gasteiger charge is 2.27. The van der Waals surface area contributed by atoms with E-state index in [2.05, 4.69) is 18.0 Å². The topological polar surface area (TPSA) is 32.7 Å². The van der Waals surface area contributed by atoms with Gasteiger partial charge in [0.05, 0.1) is 13.2 Å². The zero-order valence-corrected chi connectivity index (χ0v) is 12.0. The normalized spacial score (nSPS) is 25.1. The second kappa shape index (κ2) is 6.38. The minimum atomic E-state index is -0.233. The molecule has 2 atom stereocenters. The third kappa shape index (κ3) is 3.44. The lowest BCUT2D eigenvalue weighted by Gasteiger charge is -2.34. The van der Waals surface area contributed by atoms with E-state index in [0.29, 0.717) is 0 Å². The summed E-state index contributed by atoms with van der Waals surface area (Å²) in [5.74, 6) is 1.06. The van der Waals surface area contributed by atoms with Crippen molar-refractivity contribution in [3.63, 3.8) is 0 Å². The molecular weight excluding hydrogens is 282 g/mol. The molecule has 96 valence electrons. The molecular formula is C13H20BrNO2. The SMILES string of the molecule is Br.COc1cccc(C2CN(C)CCC2O)c1. The van der Waals surface area contributed by atoms with Gasteiger partial charge in [-0.1, -0.05) is 12.1 Å². The average Bonchev–Trinajstić information content (AvgIpc) is 2.32. The van der Waals surface area contributed by atoms with Gasteiger partial charge in [0.1, 0.15) is 5.75 Å². The van der Waals surface area contributed by atoms with E-state index in [-0.39, 0.29) is 29.0 Å². The molecule has 1 aromatic carbocycles. The van der Waals surface area contributed by atoms with E-state index in [1.165, 1.54) is 5.56 Å². The number of piperidine rings is 1. The van der Waals surface area contributed by atoms with E-state index in [1.54, 1.807) is 7.11 Å². The number of likely N-dealkylation sites (tertiary alicyclic amines) is 1. The summed E-state index contributed by atoms with van der Waals surface area (Å²) < 4.78 is 5.21. The van der Waals surface area contributed by atoms with Crippen LogP contribution in [0.5, 0.6) is 5.75 Å². The maximum atomic E-state index is 10.0. The molecule has 1 saturated heterocycles. The quantitative estimate of drug-likeness (QED) is 0.907.